The van der Waals surface area contributed by atoms with Gasteiger partial charge in [0.15, 0.2) is 0 Å². The average Bonchev–Trinajstić information content (AvgIpc) is 2.55. The van der Waals surface area contributed by atoms with Gasteiger partial charge in [0.05, 0.1) is 11.9 Å². The third-order valence-corrected chi connectivity index (χ3v) is 5.52. The lowest BCUT2D eigenvalue weighted by atomic mass is 9.86. The maximum absolute atomic E-state index is 12.5. The smallest absolute Gasteiger partial charge is 0.232 e. The molecule has 0 atom stereocenters. The van der Waals surface area contributed by atoms with E-state index in [9.17, 15) is 13.2 Å². The highest BCUT2D eigenvalue weighted by molar-refractivity contribution is 7.92. The Morgan fingerprint density at radius 3 is 2.22 bits per heavy atom. The second-order valence-corrected chi connectivity index (χ2v) is 9.62. The summed E-state index contributed by atoms with van der Waals surface area (Å²) in [6, 6.07) is 14.9. The summed E-state index contributed by atoms with van der Waals surface area (Å²) in [5.41, 5.74) is 3.14. The number of hydrogen-bond acceptors (Lipinski definition) is 3. The maximum atomic E-state index is 12.5. The number of sulfonamides is 1. The first kappa shape index (κ1) is 21.0. The lowest BCUT2D eigenvalue weighted by Crippen LogP contribution is -2.33. The van der Waals surface area contributed by atoms with Gasteiger partial charge in [-0.15, -0.1) is 0 Å². The van der Waals surface area contributed by atoms with Crippen LogP contribution in [0.5, 0.6) is 0 Å². The Kier molecular flexibility index (Phi) is 6.31. The molecule has 0 saturated heterocycles. The first-order valence-electron chi connectivity index (χ1n) is 8.93. The van der Waals surface area contributed by atoms with Gasteiger partial charge in [0.25, 0.3) is 0 Å². The van der Waals surface area contributed by atoms with Crippen molar-refractivity contribution in [1.29, 1.82) is 0 Å². The van der Waals surface area contributed by atoms with Crippen molar-refractivity contribution in [3.05, 3.63) is 59.7 Å². The fourth-order valence-electron chi connectivity index (χ4n) is 2.97. The van der Waals surface area contributed by atoms with Crippen molar-refractivity contribution in [3.8, 4) is 0 Å². The van der Waals surface area contributed by atoms with Crippen LogP contribution in [0.1, 0.15) is 38.3 Å². The SMILES string of the molecule is Cc1ccccc1N(CCC(=O)Nc1ccccc1C(C)(C)C)S(C)(=O)=O. The molecule has 6 heteroatoms. The van der Waals surface area contributed by atoms with Gasteiger partial charge in [-0.05, 0) is 35.6 Å². The van der Waals surface area contributed by atoms with Crippen molar-refractivity contribution in [1.82, 2.24) is 0 Å². The van der Waals surface area contributed by atoms with E-state index >= 15 is 0 Å². The summed E-state index contributed by atoms with van der Waals surface area (Å²) in [4.78, 5) is 12.5. The van der Waals surface area contributed by atoms with Crippen molar-refractivity contribution in [2.24, 2.45) is 0 Å². The number of amides is 1. The van der Waals surface area contributed by atoms with Crippen molar-refractivity contribution in [2.45, 2.75) is 39.5 Å². The molecule has 5 nitrogen and oxygen atoms in total. The molecular formula is C21H28N2O3S. The van der Waals surface area contributed by atoms with Gasteiger partial charge in [0.2, 0.25) is 15.9 Å². The molecule has 1 amide bonds. The van der Waals surface area contributed by atoms with Crippen LogP contribution in [0.4, 0.5) is 11.4 Å². The summed E-state index contributed by atoms with van der Waals surface area (Å²) in [6.07, 6.45) is 1.23. The van der Waals surface area contributed by atoms with E-state index in [2.05, 4.69) is 26.1 Å². The second-order valence-electron chi connectivity index (χ2n) is 7.72. The van der Waals surface area contributed by atoms with Gasteiger partial charge in [0, 0.05) is 18.7 Å². The van der Waals surface area contributed by atoms with E-state index in [1.165, 1.54) is 4.31 Å². The summed E-state index contributed by atoms with van der Waals surface area (Å²) in [5, 5.41) is 2.93. The van der Waals surface area contributed by atoms with Crippen LogP contribution >= 0.6 is 0 Å². The highest BCUT2D eigenvalue weighted by Gasteiger charge is 2.21. The van der Waals surface area contributed by atoms with Gasteiger partial charge >= 0.3 is 0 Å². The number of rotatable bonds is 6. The summed E-state index contributed by atoms with van der Waals surface area (Å²) in [5.74, 6) is -0.214. The monoisotopic (exact) mass is 388 g/mol. The fourth-order valence-corrected chi connectivity index (χ4v) is 3.96. The highest BCUT2D eigenvalue weighted by Crippen LogP contribution is 2.29. The van der Waals surface area contributed by atoms with Crippen LogP contribution in [0.3, 0.4) is 0 Å². The molecule has 2 rings (SSSR count). The average molecular weight is 389 g/mol. The number of carbonyl (C=O) groups excluding carboxylic acids is 1. The Bertz CT molecular complexity index is 915. The van der Waals surface area contributed by atoms with Crippen LogP contribution in [0.25, 0.3) is 0 Å². The van der Waals surface area contributed by atoms with E-state index in [-0.39, 0.29) is 24.3 Å². The molecular weight excluding hydrogens is 360 g/mol. The number of anilines is 2. The first-order valence-corrected chi connectivity index (χ1v) is 10.8. The Labute approximate surface area is 162 Å². The minimum atomic E-state index is -3.49. The predicted molar refractivity (Wildman–Crippen MR) is 112 cm³/mol. The Hall–Kier alpha value is -2.34. The topological polar surface area (TPSA) is 66.5 Å². The molecule has 0 spiro atoms. The van der Waals surface area contributed by atoms with E-state index < -0.39 is 10.0 Å². The van der Waals surface area contributed by atoms with Crippen LogP contribution in [-0.4, -0.2) is 27.1 Å². The van der Waals surface area contributed by atoms with E-state index in [4.69, 9.17) is 0 Å². The minimum absolute atomic E-state index is 0.0693. The van der Waals surface area contributed by atoms with E-state index in [0.29, 0.717) is 5.69 Å². The largest absolute Gasteiger partial charge is 0.326 e. The lowest BCUT2D eigenvalue weighted by molar-refractivity contribution is -0.116. The van der Waals surface area contributed by atoms with E-state index in [1.54, 1.807) is 12.1 Å². The van der Waals surface area contributed by atoms with E-state index in [1.807, 2.05) is 43.3 Å². The molecule has 0 aliphatic rings. The number of nitrogens with zero attached hydrogens (tertiary/aromatic N) is 1. The molecule has 0 aliphatic heterocycles. The van der Waals surface area contributed by atoms with Crippen molar-refractivity contribution in [3.63, 3.8) is 0 Å². The Balaban J connectivity index is 2.15. The van der Waals surface area contributed by atoms with Crippen molar-refractivity contribution < 1.29 is 13.2 Å². The first-order chi connectivity index (χ1) is 12.5. The van der Waals surface area contributed by atoms with E-state index in [0.717, 1.165) is 23.1 Å². The third-order valence-electron chi connectivity index (χ3n) is 4.34. The zero-order chi connectivity index (χ0) is 20.2. The van der Waals surface area contributed by atoms with Gasteiger partial charge < -0.3 is 5.32 Å². The summed E-state index contributed by atoms with van der Waals surface area (Å²) in [7, 11) is -3.49. The van der Waals surface area contributed by atoms with Gasteiger partial charge in [-0.25, -0.2) is 8.42 Å². The molecule has 0 bridgehead atoms. The molecule has 1 N–H and O–H groups in total. The number of para-hydroxylation sites is 2. The van der Waals surface area contributed by atoms with Crippen molar-refractivity contribution >= 4 is 27.3 Å². The molecule has 0 aliphatic carbocycles. The van der Waals surface area contributed by atoms with Gasteiger partial charge in [-0.3, -0.25) is 9.10 Å². The molecule has 0 saturated carbocycles. The zero-order valence-corrected chi connectivity index (χ0v) is 17.4. The van der Waals surface area contributed by atoms with Crippen LogP contribution < -0.4 is 9.62 Å². The highest BCUT2D eigenvalue weighted by atomic mass is 32.2. The molecule has 146 valence electrons. The van der Waals surface area contributed by atoms with Gasteiger partial charge in [-0.1, -0.05) is 57.2 Å². The number of nitrogens with one attached hydrogen (secondary N) is 1. The number of carbonyl (C=O) groups is 1. The predicted octanol–water partition coefficient (Wildman–Crippen LogP) is 4.09. The molecule has 2 aromatic carbocycles. The van der Waals surface area contributed by atoms with Crippen molar-refractivity contribution in [2.75, 3.05) is 22.4 Å². The number of aryl methyl sites for hydroxylation is 1. The Morgan fingerprint density at radius 2 is 1.63 bits per heavy atom. The van der Waals surface area contributed by atoms with Gasteiger partial charge in [-0.2, -0.15) is 0 Å². The molecule has 0 aromatic heterocycles. The molecule has 2 aromatic rings. The number of hydrogen-bond donors (Lipinski definition) is 1. The molecule has 0 heterocycles. The standard InChI is InChI=1S/C21H28N2O3S/c1-16-10-6-9-13-19(16)23(27(5,25)26)15-14-20(24)22-18-12-8-7-11-17(18)21(2,3)4/h6-13H,14-15H2,1-5H3,(H,22,24). The quantitative estimate of drug-likeness (QED) is 0.811. The minimum Gasteiger partial charge on any atom is -0.326 e. The molecule has 0 unspecified atom stereocenters. The van der Waals surface area contributed by atoms with Crippen LogP contribution in [0.2, 0.25) is 0 Å². The summed E-state index contributed by atoms with van der Waals surface area (Å²) in [6.45, 7) is 8.20. The second kappa shape index (κ2) is 8.13. The maximum Gasteiger partial charge on any atom is 0.232 e. The molecule has 0 radical (unpaired) electrons. The normalized spacial score (nSPS) is 11.9. The zero-order valence-electron chi connectivity index (χ0n) is 16.6. The summed E-state index contributed by atoms with van der Waals surface area (Å²) < 4.78 is 25.8. The third kappa shape index (κ3) is 5.57. The van der Waals surface area contributed by atoms with Gasteiger partial charge in [0.1, 0.15) is 0 Å². The lowest BCUT2D eigenvalue weighted by Gasteiger charge is -2.25. The van der Waals surface area contributed by atoms with Crippen LogP contribution in [0, 0.1) is 6.92 Å². The van der Waals surface area contributed by atoms with Crippen LogP contribution in [0.15, 0.2) is 48.5 Å². The molecule has 27 heavy (non-hydrogen) atoms. The Morgan fingerprint density at radius 1 is 1.04 bits per heavy atom. The fraction of sp³-hybridized carbons (Fsp3) is 0.381. The molecule has 0 fully saturated rings. The number of benzene rings is 2. The summed E-state index contributed by atoms with van der Waals surface area (Å²) >= 11 is 0. The van der Waals surface area contributed by atoms with Crippen LogP contribution in [-0.2, 0) is 20.2 Å².